The number of carbonyl (C=O) groups is 2. The highest BCUT2D eigenvalue weighted by molar-refractivity contribution is 6.12. The summed E-state index contributed by atoms with van der Waals surface area (Å²) in [5, 5.41) is 0. The van der Waals surface area contributed by atoms with Crippen molar-refractivity contribution >= 4 is 24.4 Å². The number of carbonyl (C=O) groups excluding carboxylic acids is 2. The Bertz CT molecular complexity index is 1050. The normalized spacial score (nSPS) is 13.7. The van der Waals surface area contributed by atoms with Gasteiger partial charge in [-0.25, -0.2) is 9.79 Å². The van der Waals surface area contributed by atoms with Crippen molar-refractivity contribution in [3.05, 3.63) is 102 Å². The number of amides is 1. The number of nitrogens with zero attached hydrogens (tertiary/aromatic N) is 2. The van der Waals surface area contributed by atoms with Crippen LogP contribution in [0, 0.1) is 0 Å². The Morgan fingerprint density at radius 3 is 1.80 bits per heavy atom. The minimum Gasteiger partial charge on any atom is -0.402 e. The highest BCUT2D eigenvalue weighted by Crippen LogP contribution is 2.22. The molecular formula is C25H22N2O3. The lowest BCUT2D eigenvalue weighted by Crippen LogP contribution is -2.06. The smallest absolute Gasteiger partial charge is 0.363 e. The SMILES string of the molecule is CN(C)C=O.O=C1OC(c2ccccc2)=N/C1=C/c1ccc(-c2ccccc2)cc1. The van der Waals surface area contributed by atoms with Gasteiger partial charge in [-0.15, -0.1) is 0 Å². The third kappa shape index (κ3) is 5.52. The quantitative estimate of drug-likeness (QED) is 0.372. The van der Waals surface area contributed by atoms with Gasteiger partial charge in [-0.2, -0.15) is 0 Å². The Morgan fingerprint density at radius 2 is 1.27 bits per heavy atom. The molecule has 0 bridgehead atoms. The molecule has 1 heterocycles. The molecule has 0 aliphatic carbocycles. The number of ether oxygens (including phenoxy) is 1. The highest BCUT2D eigenvalue weighted by Gasteiger charge is 2.23. The van der Waals surface area contributed by atoms with Gasteiger partial charge in [0.25, 0.3) is 0 Å². The van der Waals surface area contributed by atoms with Gasteiger partial charge in [-0.3, -0.25) is 4.79 Å². The first-order valence-corrected chi connectivity index (χ1v) is 9.42. The van der Waals surface area contributed by atoms with Crippen LogP contribution < -0.4 is 0 Å². The van der Waals surface area contributed by atoms with Crippen molar-refractivity contribution in [1.82, 2.24) is 4.90 Å². The molecule has 4 rings (SSSR count). The number of aliphatic imine (C=N–C) groups is 1. The van der Waals surface area contributed by atoms with Gasteiger partial charge in [0.2, 0.25) is 12.3 Å². The zero-order valence-corrected chi connectivity index (χ0v) is 16.9. The molecule has 0 unspecified atom stereocenters. The van der Waals surface area contributed by atoms with Crippen molar-refractivity contribution in [2.75, 3.05) is 14.1 Å². The van der Waals surface area contributed by atoms with E-state index in [1.807, 2.05) is 72.8 Å². The number of esters is 1. The van der Waals surface area contributed by atoms with Gasteiger partial charge in [0.05, 0.1) is 0 Å². The zero-order valence-electron chi connectivity index (χ0n) is 16.9. The molecule has 0 fully saturated rings. The predicted molar refractivity (Wildman–Crippen MR) is 119 cm³/mol. The average molecular weight is 398 g/mol. The maximum atomic E-state index is 12.0. The Hall–Kier alpha value is -3.99. The Kier molecular flexibility index (Phi) is 6.90. The van der Waals surface area contributed by atoms with Gasteiger partial charge in [-0.1, -0.05) is 72.8 Å². The van der Waals surface area contributed by atoms with Crippen LogP contribution in [0.25, 0.3) is 17.2 Å². The van der Waals surface area contributed by atoms with E-state index in [1.165, 1.54) is 4.90 Å². The highest BCUT2D eigenvalue weighted by atomic mass is 16.6. The van der Waals surface area contributed by atoms with Crippen LogP contribution in [-0.4, -0.2) is 37.3 Å². The van der Waals surface area contributed by atoms with Crippen LogP contribution in [0.15, 0.2) is 95.6 Å². The molecule has 0 aromatic heterocycles. The van der Waals surface area contributed by atoms with Crippen molar-refractivity contribution in [2.24, 2.45) is 4.99 Å². The van der Waals surface area contributed by atoms with E-state index in [1.54, 1.807) is 20.2 Å². The van der Waals surface area contributed by atoms with Crippen LogP contribution in [0.4, 0.5) is 0 Å². The van der Waals surface area contributed by atoms with Gasteiger partial charge in [0.1, 0.15) is 0 Å². The number of cyclic esters (lactones) is 1. The summed E-state index contributed by atoms with van der Waals surface area (Å²) in [5.41, 5.74) is 4.30. The van der Waals surface area contributed by atoms with E-state index in [4.69, 9.17) is 4.74 Å². The zero-order chi connectivity index (χ0) is 21.3. The van der Waals surface area contributed by atoms with Gasteiger partial charge < -0.3 is 9.64 Å². The maximum Gasteiger partial charge on any atom is 0.363 e. The van der Waals surface area contributed by atoms with E-state index in [0.29, 0.717) is 11.6 Å². The summed E-state index contributed by atoms with van der Waals surface area (Å²) in [5.74, 6) is -0.0799. The Balaban J connectivity index is 0.000000461. The Morgan fingerprint density at radius 1 is 0.767 bits per heavy atom. The fourth-order valence-electron chi connectivity index (χ4n) is 2.67. The molecule has 0 radical (unpaired) electrons. The molecule has 5 nitrogen and oxygen atoms in total. The van der Waals surface area contributed by atoms with E-state index >= 15 is 0 Å². The van der Waals surface area contributed by atoms with Crippen molar-refractivity contribution in [2.45, 2.75) is 0 Å². The van der Waals surface area contributed by atoms with Crippen molar-refractivity contribution in [3.63, 3.8) is 0 Å². The van der Waals surface area contributed by atoms with Gasteiger partial charge in [0, 0.05) is 19.7 Å². The standard InChI is InChI=1S/C22H15NO2.C3H7NO/c24-22-20(23-21(25-22)19-9-5-2-6-10-19)15-16-11-13-18(14-12-16)17-7-3-1-4-8-17;1-4(2)3-5/h1-15H;3H,1-2H3/b20-15+;. The number of hydrogen-bond donors (Lipinski definition) is 0. The lowest BCUT2D eigenvalue weighted by molar-refractivity contribution is -0.129. The molecule has 0 N–H and O–H groups in total. The molecule has 1 aliphatic heterocycles. The fourth-order valence-corrected chi connectivity index (χ4v) is 2.67. The monoisotopic (exact) mass is 398 g/mol. The number of hydrogen-bond acceptors (Lipinski definition) is 4. The molecule has 0 saturated heterocycles. The van der Waals surface area contributed by atoms with Crippen LogP contribution >= 0.6 is 0 Å². The van der Waals surface area contributed by atoms with E-state index in [9.17, 15) is 9.59 Å². The molecule has 3 aromatic carbocycles. The largest absolute Gasteiger partial charge is 0.402 e. The maximum absolute atomic E-state index is 12.0. The molecule has 150 valence electrons. The summed E-state index contributed by atoms with van der Waals surface area (Å²) < 4.78 is 5.27. The van der Waals surface area contributed by atoms with Crippen LogP contribution in [0.5, 0.6) is 0 Å². The van der Waals surface area contributed by atoms with Crippen molar-refractivity contribution in [3.8, 4) is 11.1 Å². The third-order valence-electron chi connectivity index (χ3n) is 4.17. The summed E-state index contributed by atoms with van der Waals surface area (Å²) in [7, 11) is 3.38. The summed E-state index contributed by atoms with van der Waals surface area (Å²) in [6.07, 6.45) is 2.49. The second-order valence-electron chi connectivity index (χ2n) is 6.76. The Labute approximate surface area is 176 Å². The van der Waals surface area contributed by atoms with Gasteiger partial charge >= 0.3 is 5.97 Å². The van der Waals surface area contributed by atoms with E-state index in [0.717, 1.165) is 28.7 Å². The first kappa shape index (κ1) is 20.7. The first-order chi connectivity index (χ1) is 14.6. The second kappa shape index (κ2) is 9.98. The van der Waals surface area contributed by atoms with Crippen LogP contribution in [0.2, 0.25) is 0 Å². The van der Waals surface area contributed by atoms with Gasteiger partial charge in [-0.05, 0) is 34.9 Å². The second-order valence-corrected chi connectivity index (χ2v) is 6.76. The van der Waals surface area contributed by atoms with Crippen molar-refractivity contribution in [1.29, 1.82) is 0 Å². The minimum atomic E-state index is -0.425. The average Bonchev–Trinajstić information content (AvgIpc) is 3.16. The molecule has 1 amide bonds. The summed E-state index contributed by atoms with van der Waals surface area (Å²) >= 11 is 0. The number of benzene rings is 3. The molecule has 5 heteroatoms. The summed E-state index contributed by atoms with van der Waals surface area (Å²) in [4.78, 5) is 27.2. The van der Waals surface area contributed by atoms with Crippen LogP contribution in [0.3, 0.4) is 0 Å². The topological polar surface area (TPSA) is 59.0 Å². The van der Waals surface area contributed by atoms with E-state index in [2.05, 4.69) is 17.1 Å². The number of rotatable bonds is 4. The predicted octanol–water partition coefficient (Wildman–Crippen LogP) is 4.40. The molecule has 0 saturated carbocycles. The third-order valence-corrected chi connectivity index (χ3v) is 4.17. The van der Waals surface area contributed by atoms with Crippen LogP contribution in [0.1, 0.15) is 11.1 Å². The molecular weight excluding hydrogens is 376 g/mol. The van der Waals surface area contributed by atoms with E-state index < -0.39 is 5.97 Å². The molecule has 30 heavy (non-hydrogen) atoms. The van der Waals surface area contributed by atoms with Crippen LogP contribution in [-0.2, 0) is 14.3 Å². The molecule has 1 aliphatic rings. The molecule has 0 atom stereocenters. The summed E-state index contributed by atoms with van der Waals surface area (Å²) in [6.45, 7) is 0. The van der Waals surface area contributed by atoms with Gasteiger partial charge in [0.15, 0.2) is 5.70 Å². The summed E-state index contributed by atoms with van der Waals surface area (Å²) in [6, 6.07) is 27.6. The molecule has 0 spiro atoms. The lowest BCUT2D eigenvalue weighted by atomic mass is 10.0. The van der Waals surface area contributed by atoms with Crippen molar-refractivity contribution < 1.29 is 14.3 Å². The first-order valence-electron chi connectivity index (χ1n) is 9.42. The lowest BCUT2D eigenvalue weighted by Gasteiger charge is -2.01. The molecule has 3 aromatic rings. The van der Waals surface area contributed by atoms with E-state index in [-0.39, 0.29) is 0 Å². The fraction of sp³-hybridized carbons (Fsp3) is 0.0800. The minimum absolute atomic E-state index is 0.311.